The van der Waals surface area contributed by atoms with Crippen LogP contribution < -0.4 is 10.9 Å². The van der Waals surface area contributed by atoms with Crippen molar-refractivity contribution in [3.05, 3.63) is 81.0 Å². The van der Waals surface area contributed by atoms with Crippen LogP contribution in [0.2, 0.25) is 0 Å². The largest absolute Gasteiger partial charge is 0.465 e. The molecule has 7 nitrogen and oxygen atoms in total. The summed E-state index contributed by atoms with van der Waals surface area (Å²) in [7, 11) is 1.31. The number of aryl methyl sites for hydroxylation is 1. The van der Waals surface area contributed by atoms with E-state index in [9.17, 15) is 14.4 Å². The molecule has 1 atom stereocenters. The number of para-hydroxylation sites is 1. The summed E-state index contributed by atoms with van der Waals surface area (Å²) in [6, 6.07) is 16.0. The van der Waals surface area contributed by atoms with Gasteiger partial charge in [0.1, 0.15) is 4.83 Å². The summed E-state index contributed by atoms with van der Waals surface area (Å²) >= 11 is 2.81. The second-order valence-electron chi connectivity index (χ2n) is 8.81. The summed E-state index contributed by atoms with van der Waals surface area (Å²) in [4.78, 5) is 45.2. The van der Waals surface area contributed by atoms with Gasteiger partial charge in [-0.05, 0) is 61.1 Å². The van der Waals surface area contributed by atoms with Crippen LogP contribution in [0.5, 0.6) is 0 Å². The molecule has 1 amide bonds. The number of hydrogen-bond acceptors (Lipinski definition) is 7. The third-order valence-electron chi connectivity index (χ3n) is 6.21. The van der Waals surface area contributed by atoms with Gasteiger partial charge in [-0.1, -0.05) is 43.0 Å². The number of methoxy groups -OCH3 is 1. The maximum absolute atomic E-state index is 13.8. The van der Waals surface area contributed by atoms with Crippen LogP contribution in [0.25, 0.3) is 15.9 Å². The number of amides is 1. The van der Waals surface area contributed by atoms with Crippen molar-refractivity contribution < 1.29 is 14.3 Å². The minimum absolute atomic E-state index is 0.0509. The number of nitrogens with zero attached hydrogens (tertiary/aromatic N) is 2. The molecule has 184 valence electrons. The number of benzene rings is 2. The molecule has 4 aromatic rings. The lowest BCUT2D eigenvalue weighted by Crippen LogP contribution is -2.23. The van der Waals surface area contributed by atoms with E-state index in [0.717, 1.165) is 35.3 Å². The van der Waals surface area contributed by atoms with Gasteiger partial charge in [0, 0.05) is 10.6 Å². The van der Waals surface area contributed by atoms with Gasteiger partial charge < -0.3 is 10.1 Å². The van der Waals surface area contributed by atoms with Gasteiger partial charge in [0.25, 0.3) is 5.56 Å². The number of aromatic nitrogens is 2. The second-order valence-corrected chi connectivity index (χ2v) is 10.8. The fourth-order valence-electron chi connectivity index (χ4n) is 4.44. The van der Waals surface area contributed by atoms with Crippen LogP contribution in [0, 0.1) is 5.92 Å². The molecule has 0 saturated carbocycles. The SMILES string of the molecule is COC(=O)c1cccc(NC(=O)CSc2nc3sc4c(c3c(=O)n2-c2ccccc2)CCC(C)C4)c1. The molecule has 0 radical (unpaired) electrons. The van der Waals surface area contributed by atoms with Crippen molar-refractivity contribution in [2.75, 3.05) is 18.2 Å². The van der Waals surface area contributed by atoms with E-state index < -0.39 is 5.97 Å². The monoisotopic (exact) mass is 519 g/mol. The predicted molar refractivity (Wildman–Crippen MR) is 144 cm³/mol. The van der Waals surface area contributed by atoms with Gasteiger partial charge in [0.2, 0.25) is 5.91 Å². The lowest BCUT2D eigenvalue weighted by Gasteiger charge is -2.17. The first-order chi connectivity index (χ1) is 17.4. The van der Waals surface area contributed by atoms with Gasteiger partial charge in [-0.3, -0.25) is 14.2 Å². The van der Waals surface area contributed by atoms with E-state index in [4.69, 9.17) is 9.72 Å². The van der Waals surface area contributed by atoms with Gasteiger partial charge >= 0.3 is 5.97 Å². The number of ether oxygens (including phenoxy) is 1. The standard InChI is InChI=1S/C27H25N3O4S2/c1-16-11-12-20-21(13-16)36-24-23(20)25(32)30(19-9-4-3-5-10-19)27(29-24)35-15-22(31)28-18-8-6-7-17(14-18)26(33)34-2/h3-10,14,16H,11-13,15H2,1-2H3,(H,28,31). The molecule has 1 unspecified atom stereocenters. The first-order valence-electron chi connectivity index (χ1n) is 11.7. The number of carbonyl (C=O) groups excluding carboxylic acids is 2. The number of rotatable bonds is 6. The van der Waals surface area contributed by atoms with Gasteiger partial charge in [0.15, 0.2) is 5.16 Å². The molecule has 1 aliphatic rings. The van der Waals surface area contributed by atoms with E-state index in [1.165, 1.54) is 23.7 Å². The Bertz CT molecular complexity index is 1510. The molecule has 1 aliphatic carbocycles. The minimum atomic E-state index is -0.474. The van der Waals surface area contributed by atoms with Crippen molar-refractivity contribution in [1.82, 2.24) is 9.55 Å². The number of hydrogen-bond donors (Lipinski definition) is 1. The van der Waals surface area contributed by atoms with Crippen molar-refractivity contribution in [3.8, 4) is 5.69 Å². The Morgan fingerprint density at radius 3 is 2.78 bits per heavy atom. The normalized spacial score (nSPS) is 14.9. The summed E-state index contributed by atoms with van der Waals surface area (Å²) in [5.41, 5.74) is 2.60. The lowest BCUT2D eigenvalue weighted by molar-refractivity contribution is -0.113. The predicted octanol–water partition coefficient (Wildman–Crippen LogP) is 5.09. The molecule has 9 heteroatoms. The average Bonchev–Trinajstić information content (AvgIpc) is 3.25. The maximum Gasteiger partial charge on any atom is 0.337 e. The van der Waals surface area contributed by atoms with Crippen LogP contribution in [0.15, 0.2) is 64.5 Å². The summed E-state index contributed by atoms with van der Waals surface area (Å²) < 4.78 is 6.36. The summed E-state index contributed by atoms with van der Waals surface area (Å²) in [6.07, 6.45) is 2.93. The summed E-state index contributed by atoms with van der Waals surface area (Å²) in [5, 5.41) is 3.99. The highest BCUT2D eigenvalue weighted by molar-refractivity contribution is 7.99. The van der Waals surface area contributed by atoms with Crippen molar-refractivity contribution in [1.29, 1.82) is 0 Å². The highest BCUT2D eigenvalue weighted by atomic mass is 32.2. The molecule has 5 rings (SSSR count). The quantitative estimate of drug-likeness (QED) is 0.217. The fourth-order valence-corrected chi connectivity index (χ4v) is 6.68. The third-order valence-corrected chi connectivity index (χ3v) is 8.30. The average molecular weight is 520 g/mol. The molecule has 1 N–H and O–H groups in total. The van der Waals surface area contributed by atoms with Crippen LogP contribution in [-0.4, -0.2) is 34.3 Å². The molecule has 0 bridgehead atoms. The number of thioether (sulfide) groups is 1. The zero-order valence-electron chi connectivity index (χ0n) is 19.9. The molecule has 0 fully saturated rings. The van der Waals surface area contributed by atoms with Gasteiger partial charge in [-0.15, -0.1) is 11.3 Å². The zero-order chi connectivity index (χ0) is 25.2. The van der Waals surface area contributed by atoms with Crippen LogP contribution in [0.4, 0.5) is 5.69 Å². The number of thiophene rings is 1. The number of nitrogens with one attached hydrogen (secondary N) is 1. The Kier molecular flexibility index (Phi) is 6.93. The molecule has 2 aromatic heterocycles. The van der Waals surface area contributed by atoms with Crippen molar-refractivity contribution in [2.24, 2.45) is 5.92 Å². The Morgan fingerprint density at radius 2 is 2.00 bits per heavy atom. The van der Waals surface area contributed by atoms with Crippen molar-refractivity contribution in [3.63, 3.8) is 0 Å². The Balaban J connectivity index is 1.46. The lowest BCUT2D eigenvalue weighted by atomic mass is 9.89. The van der Waals surface area contributed by atoms with Crippen LogP contribution in [-0.2, 0) is 22.4 Å². The van der Waals surface area contributed by atoms with Crippen LogP contribution in [0.1, 0.15) is 34.1 Å². The van der Waals surface area contributed by atoms with E-state index in [2.05, 4.69) is 12.2 Å². The van der Waals surface area contributed by atoms with Gasteiger partial charge in [-0.25, -0.2) is 9.78 Å². The summed E-state index contributed by atoms with van der Waals surface area (Å²) in [6.45, 7) is 2.24. The third kappa shape index (κ3) is 4.81. The Labute approximate surface area is 216 Å². The number of fused-ring (bicyclic) bond motifs is 3. The van der Waals surface area contributed by atoms with Crippen LogP contribution >= 0.6 is 23.1 Å². The van der Waals surface area contributed by atoms with Crippen molar-refractivity contribution >= 4 is 50.9 Å². The number of anilines is 1. The molecule has 2 heterocycles. The first kappa shape index (κ1) is 24.3. The smallest absolute Gasteiger partial charge is 0.337 e. The minimum Gasteiger partial charge on any atom is -0.465 e. The van der Waals surface area contributed by atoms with E-state index in [1.807, 2.05) is 30.3 Å². The zero-order valence-corrected chi connectivity index (χ0v) is 21.6. The number of esters is 1. The first-order valence-corrected chi connectivity index (χ1v) is 13.5. The van der Waals surface area contributed by atoms with E-state index in [-0.39, 0.29) is 17.2 Å². The van der Waals surface area contributed by atoms with Crippen molar-refractivity contribution in [2.45, 2.75) is 31.3 Å². The maximum atomic E-state index is 13.8. The summed E-state index contributed by atoms with van der Waals surface area (Å²) in [5.74, 6) is -0.0969. The molecule has 0 aliphatic heterocycles. The molecule has 2 aromatic carbocycles. The van der Waals surface area contributed by atoms with Crippen LogP contribution in [0.3, 0.4) is 0 Å². The Morgan fingerprint density at radius 1 is 1.19 bits per heavy atom. The molecule has 0 saturated heterocycles. The molecule has 0 spiro atoms. The van der Waals surface area contributed by atoms with E-state index in [1.54, 1.807) is 40.2 Å². The van der Waals surface area contributed by atoms with Gasteiger partial charge in [0.05, 0.1) is 29.5 Å². The molecule has 36 heavy (non-hydrogen) atoms. The molecular weight excluding hydrogens is 494 g/mol. The highest BCUT2D eigenvalue weighted by Crippen LogP contribution is 2.37. The highest BCUT2D eigenvalue weighted by Gasteiger charge is 2.25. The van der Waals surface area contributed by atoms with Gasteiger partial charge in [-0.2, -0.15) is 0 Å². The second kappa shape index (κ2) is 10.3. The Hall–Kier alpha value is -3.43. The molecular formula is C27H25N3O4S2. The van der Waals surface area contributed by atoms with E-state index in [0.29, 0.717) is 27.7 Å². The topological polar surface area (TPSA) is 90.3 Å². The number of carbonyl (C=O) groups is 2. The van der Waals surface area contributed by atoms with E-state index >= 15 is 0 Å². The fraction of sp³-hybridized carbons (Fsp3) is 0.259.